The molecule has 2 aromatic rings. The number of aromatic nitrogens is 3. The number of hydrogen-bond acceptors (Lipinski definition) is 4. The van der Waals surface area contributed by atoms with Crippen molar-refractivity contribution in [3.8, 4) is 5.69 Å². The Labute approximate surface area is 169 Å². The summed E-state index contributed by atoms with van der Waals surface area (Å²) in [7, 11) is 0. The Morgan fingerprint density at radius 2 is 1.46 bits per heavy atom. The number of benzene rings is 1. The van der Waals surface area contributed by atoms with Gasteiger partial charge in [0, 0.05) is 6.54 Å². The average Bonchev–Trinajstić information content (AvgIpc) is 2.69. The van der Waals surface area contributed by atoms with Crippen LogP contribution < -0.4 is 11.0 Å². The number of hydrogen-bond donors (Lipinski definition) is 1. The molecule has 0 unspecified atom stereocenters. The zero-order chi connectivity index (χ0) is 20.4. The summed E-state index contributed by atoms with van der Waals surface area (Å²) in [6, 6.07) is 4.61. The van der Waals surface area contributed by atoms with Crippen LogP contribution in [0.4, 0.5) is 5.95 Å². The van der Waals surface area contributed by atoms with Crippen LogP contribution in [0.5, 0.6) is 0 Å². The minimum atomic E-state index is -0.261. The van der Waals surface area contributed by atoms with Crippen LogP contribution in [-0.4, -0.2) is 21.1 Å². The van der Waals surface area contributed by atoms with Crippen molar-refractivity contribution in [2.45, 2.75) is 85.5 Å². The molecule has 1 aromatic carbocycles. The first-order chi connectivity index (χ1) is 13.6. The van der Waals surface area contributed by atoms with Crippen LogP contribution >= 0.6 is 0 Å². The Balaban J connectivity index is 2.58. The molecule has 154 valence electrons. The van der Waals surface area contributed by atoms with Gasteiger partial charge in [0.25, 0.3) is 0 Å². The van der Waals surface area contributed by atoms with E-state index in [9.17, 15) is 4.79 Å². The molecule has 0 aliphatic heterocycles. The van der Waals surface area contributed by atoms with Gasteiger partial charge in [-0.05, 0) is 62.1 Å². The van der Waals surface area contributed by atoms with E-state index in [0.717, 1.165) is 50.6 Å². The third-order valence-corrected chi connectivity index (χ3v) is 5.02. The highest BCUT2D eigenvalue weighted by molar-refractivity contribution is 5.51. The normalized spacial score (nSPS) is 11.0. The van der Waals surface area contributed by atoms with Gasteiger partial charge in [0.2, 0.25) is 5.95 Å². The van der Waals surface area contributed by atoms with E-state index in [4.69, 9.17) is 0 Å². The molecule has 0 spiro atoms. The minimum Gasteiger partial charge on any atom is -0.354 e. The van der Waals surface area contributed by atoms with Gasteiger partial charge in [0.1, 0.15) is 6.33 Å². The Kier molecular flexibility index (Phi) is 9.18. The second-order valence-electron chi connectivity index (χ2n) is 7.44. The van der Waals surface area contributed by atoms with Gasteiger partial charge in [-0.25, -0.2) is 9.78 Å². The van der Waals surface area contributed by atoms with Gasteiger partial charge >= 0.3 is 5.69 Å². The molecule has 0 radical (unpaired) electrons. The molecule has 0 fully saturated rings. The van der Waals surface area contributed by atoms with Crippen LogP contribution in [0.25, 0.3) is 5.69 Å². The summed E-state index contributed by atoms with van der Waals surface area (Å²) in [4.78, 5) is 21.3. The number of aryl methyl sites for hydroxylation is 3. The molecule has 0 saturated carbocycles. The lowest BCUT2D eigenvalue weighted by molar-refractivity contribution is 0.745. The molecule has 5 nitrogen and oxygen atoms in total. The van der Waals surface area contributed by atoms with Crippen molar-refractivity contribution in [1.29, 1.82) is 0 Å². The molecule has 5 heteroatoms. The monoisotopic (exact) mass is 384 g/mol. The van der Waals surface area contributed by atoms with E-state index >= 15 is 0 Å². The van der Waals surface area contributed by atoms with Crippen molar-refractivity contribution in [3.05, 3.63) is 45.6 Å². The highest BCUT2D eigenvalue weighted by Crippen LogP contribution is 2.26. The van der Waals surface area contributed by atoms with E-state index in [-0.39, 0.29) is 5.69 Å². The number of rotatable bonds is 12. The Morgan fingerprint density at radius 1 is 0.893 bits per heavy atom. The van der Waals surface area contributed by atoms with Crippen LogP contribution in [0.1, 0.15) is 82.9 Å². The van der Waals surface area contributed by atoms with Crippen molar-refractivity contribution in [2.24, 2.45) is 0 Å². The second-order valence-corrected chi connectivity index (χ2v) is 7.44. The predicted molar refractivity (Wildman–Crippen MR) is 118 cm³/mol. The molecule has 28 heavy (non-hydrogen) atoms. The summed E-state index contributed by atoms with van der Waals surface area (Å²) < 4.78 is 1.65. The standard InChI is InChI=1S/C23H36N4O/c1-5-9-12-18-15-19(13-10-6-2)21(20(16-18)14-11-7-3)27-17-25-22(24-8-4)26-23(27)28/h15-17H,5-14H2,1-4H3,(H,24,26,28). The zero-order valence-electron chi connectivity index (χ0n) is 18.1. The molecule has 0 bridgehead atoms. The topological polar surface area (TPSA) is 59.8 Å². The van der Waals surface area contributed by atoms with E-state index in [1.807, 2.05) is 6.92 Å². The molecular formula is C23H36N4O. The van der Waals surface area contributed by atoms with Gasteiger partial charge in [-0.1, -0.05) is 52.2 Å². The predicted octanol–water partition coefficient (Wildman–Crippen LogP) is 5.09. The van der Waals surface area contributed by atoms with Crippen LogP contribution in [0.15, 0.2) is 23.3 Å². The summed E-state index contributed by atoms with van der Waals surface area (Å²) in [5, 5.41) is 3.02. The molecule has 0 aliphatic carbocycles. The molecular weight excluding hydrogens is 348 g/mol. The van der Waals surface area contributed by atoms with E-state index in [2.05, 4.69) is 48.2 Å². The quantitative estimate of drug-likeness (QED) is 0.554. The van der Waals surface area contributed by atoms with Gasteiger partial charge in [-0.15, -0.1) is 0 Å². The first kappa shape index (κ1) is 22.1. The van der Waals surface area contributed by atoms with Crippen LogP contribution in [-0.2, 0) is 19.3 Å². The fourth-order valence-corrected chi connectivity index (χ4v) is 3.51. The van der Waals surface area contributed by atoms with Gasteiger partial charge < -0.3 is 5.32 Å². The molecule has 1 aromatic heterocycles. The molecule has 0 saturated heterocycles. The fraction of sp³-hybridized carbons (Fsp3) is 0.609. The molecule has 1 heterocycles. The van der Waals surface area contributed by atoms with Crippen LogP contribution in [0.2, 0.25) is 0 Å². The fourth-order valence-electron chi connectivity index (χ4n) is 3.51. The van der Waals surface area contributed by atoms with Gasteiger partial charge in [-0.3, -0.25) is 4.57 Å². The molecule has 2 rings (SSSR count). The molecule has 0 aliphatic rings. The lowest BCUT2D eigenvalue weighted by atomic mass is 9.93. The van der Waals surface area contributed by atoms with Crippen molar-refractivity contribution in [2.75, 3.05) is 11.9 Å². The van der Waals surface area contributed by atoms with Gasteiger partial charge in [0.05, 0.1) is 5.69 Å². The van der Waals surface area contributed by atoms with Crippen LogP contribution in [0.3, 0.4) is 0 Å². The van der Waals surface area contributed by atoms with Crippen LogP contribution in [0, 0.1) is 0 Å². The highest BCUT2D eigenvalue weighted by Gasteiger charge is 2.15. The third-order valence-electron chi connectivity index (χ3n) is 5.02. The zero-order valence-corrected chi connectivity index (χ0v) is 18.1. The average molecular weight is 385 g/mol. The van der Waals surface area contributed by atoms with E-state index in [1.165, 1.54) is 29.5 Å². The number of unbranched alkanes of at least 4 members (excludes halogenated alkanes) is 3. The summed E-state index contributed by atoms with van der Waals surface area (Å²) in [5.41, 5.74) is 4.64. The Hall–Kier alpha value is -2.17. The lowest BCUT2D eigenvalue weighted by Crippen LogP contribution is -2.25. The Morgan fingerprint density at radius 3 is 1.96 bits per heavy atom. The van der Waals surface area contributed by atoms with Crippen molar-refractivity contribution < 1.29 is 0 Å². The number of anilines is 1. The first-order valence-corrected chi connectivity index (χ1v) is 11.0. The highest BCUT2D eigenvalue weighted by atomic mass is 16.1. The summed E-state index contributed by atoms with van der Waals surface area (Å²) in [6.07, 6.45) is 11.6. The number of nitrogens with zero attached hydrogens (tertiary/aromatic N) is 3. The second kappa shape index (κ2) is 11.6. The minimum absolute atomic E-state index is 0.261. The maximum atomic E-state index is 12.8. The van der Waals surface area contributed by atoms with Crippen molar-refractivity contribution in [1.82, 2.24) is 14.5 Å². The molecule has 0 amide bonds. The van der Waals surface area contributed by atoms with Crippen molar-refractivity contribution in [3.63, 3.8) is 0 Å². The Bertz CT molecular complexity index is 768. The summed E-state index contributed by atoms with van der Waals surface area (Å²) in [5.74, 6) is 0.397. The van der Waals surface area contributed by atoms with Crippen molar-refractivity contribution >= 4 is 5.95 Å². The maximum absolute atomic E-state index is 12.8. The summed E-state index contributed by atoms with van der Waals surface area (Å²) >= 11 is 0. The van der Waals surface area contributed by atoms with E-state index < -0.39 is 0 Å². The molecule has 0 atom stereocenters. The summed E-state index contributed by atoms with van der Waals surface area (Å²) in [6.45, 7) is 9.31. The smallest absolute Gasteiger partial charge is 0.354 e. The number of nitrogens with one attached hydrogen (secondary N) is 1. The maximum Gasteiger partial charge on any atom is 0.356 e. The molecule has 1 N–H and O–H groups in total. The van der Waals surface area contributed by atoms with E-state index in [1.54, 1.807) is 10.9 Å². The lowest BCUT2D eigenvalue weighted by Gasteiger charge is -2.19. The van der Waals surface area contributed by atoms with Gasteiger partial charge in [-0.2, -0.15) is 4.98 Å². The third kappa shape index (κ3) is 5.91. The largest absolute Gasteiger partial charge is 0.356 e. The van der Waals surface area contributed by atoms with E-state index in [0.29, 0.717) is 12.5 Å². The SMILES string of the molecule is CCCCc1cc(CCCC)c(-n2cnc(NCC)nc2=O)c(CCCC)c1. The first-order valence-electron chi connectivity index (χ1n) is 11.0. The van der Waals surface area contributed by atoms with Gasteiger partial charge in [0.15, 0.2) is 0 Å².